The second kappa shape index (κ2) is 11.5. The molecule has 2 aliphatic heterocycles. The molecule has 2 saturated heterocycles. The molecule has 0 spiro atoms. The largest absolute Gasteiger partial charge is 0.349 e. The van der Waals surface area contributed by atoms with E-state index in [1.54, 1.807) is 6.20 Å². The minimum absolute atomic E-state index is 0.0488. The molecule has 0 bridgehead atoms. The summed E-state index contributed by atoms with van der Waals surface area (Å²) in [6, 6.07) is 11.5. The Morgan fingerprint density at radius 3 is 2.49 bits per heavy atom. The molecule has 1 N–H and O–H groups in total. The molecule has 8 heteroatoms. The zero-order valence-corrected chi connectivity index (χ0v) is 21.7. The zero-order valence-electron chi connectivity index (χ0n) is 21.7. The molecule has 1 unspecified atom stereocenters. The van der Waals surface area contributed by atoms with Crippen molar-refractivity contribution in [1.82, 2.24) is 19.8 Å². The van der Waals surface area contributed by atoms with E-state index in [0.717, 1.165) is 25.9 Å². The fourth-order valence-corrected chi connectivity index (χ4v) is 5.07. The van der Waals surface area contributed by atoms with E-state index in [-0.39, 0.29) is 12.1 Å². The minimum atomic E-state index is -0.608. The number of rotatable bonds is 9. The molecule has 190 valence electrons. The summed E-state index contributed by atoms with van der Waals surface area (Å²) in [4.78, 5) is 27.6. The third-order valence-corrected chi connectivity index (χ3v) is 7.38. The van der Waals surface area contributed by atoms with Gasteiger partial charge in [-0.3, -0.25) is 9.69 Å². The molecule has 1 aromatic carbocycles. The smallest absolute Gasteiger partial charge is 0.225 e. The number of hydrogen-bond donors (Lipinski definition) is 1. The number of carbonyl (C=O) groups excluding carboxylic acids is 1. The van der Waals surface area contributed by atoms with Crippen LogP contribution in [0.25, 0.3) is 0 Å². The number of aromatic nitrogens is 2. The highest BCUT2D eigenvalue weighted by Crippen LogP contribution is 2.28. The van der Waals surface area contributed by atoms with E-state index in [4.69, 9.17) is 9.72 Å². The molecule has 4 rings (SSSR count). The summed E-state index contributed by atoms with van der Waals surface area (Å²) < 4.78 is 5.69. The number of ether oxygens (including phenoxy) is 1. The lowest BCUT2D eigenvalue weighted by atomic mass is 10.0. The van der Waals surface area contributed by atoms with Gasteiger partial charge in [0.1, 0.15) is 5.82 Å². The van der Waals surface area contributed by atoms with Crippen LogP contribution in [0.5, 0.6) is 0 Å². The summed E-state index contributed by atoms with van der Waals surface area (Å²) in [6.07, 6.45) is 4.44. The number of hydrogen-bond acceptors (Lipinski definition) is 8. The Hall–Kier alpha value is -2.55. The quantitative estimate of drug-likeness (QED) is 0.546. The van der Waals surface area contributed by atoms with Gasteiger partial charge in [0.2, 0.25) is 5.95 Å². The molecule has 8 nitrogen and oxygen atoms in total. The number of benzene rings is 1. The van der Waals surface area contributed by atoms with Crippen molar-refractivity contribution in [2.45, 2.75) is 64.5 Å². The number of aldehydes is 1. The van der Waals surface area contributed by atoms with Gasteiger partial charge in [-0.25, -0.2) is 4.98 Å². The first-order valence-electron chi connectivity index (χ1n) is 12.8. The predicted octanol–water partition coefficient (Wildman–Crippen LogP) is 3.56. The Bertz CT molecular complexity index is 958. The van der Waals surface area contributed by atoms with Crippen LogP contribution in [-0.4, -0.2) is 78.2 Å². The van der Waals surface area contributed by atoms with Gasteiger partial charge in [0.05, 0.1) is 18.7 Å². The van der Waals surface area contributed by atoms with Gasteiger partial charge in [0.25, 0.3) is 0 Å². The van der Waals surface area contributed by atoms with Crippen LogP contribution >= 0.6 is 0 Å². The number of nitrogens with zero attached hydrogens (tertiary/aromatic N) is 5. The summed E-state index contributed by atoms with van der Waals surface area (Å²) in [7, 11) is 4.36. The van der Waals surface area contributed by atoms with Gasteiger partial charge >= 0.3 is 0 Å². The van der Waals surface area contributed by atoms with Crippen molar-refractivity contribution in [1.29, 1.82) is 0 Å². The van der Waals surface area contributed by atoms with Gasteiger partial charge < -0.3 is 19.9 Å². The van der Waals surface area contributed by atoms with Crippen LogP contribution < -0.4 is 10.2 Å². The maximum atomic E-state index is 11.6. The van der Waals surface area contributed by atoms with Crippen molar-refractivity contribution in [3.8, 4) is 0 Å². The first kappa shape index (κ1) is 25.5. The summed E-state index contributed by atoms with van der Waals surface area (Å²) in [5.41, 5.74) is 2.53. The highest BCUT2D eigenvalue weighted by atomic mass is 16.5. The van der Waals surface area contributed by atoms with Gasteiger partial charge in [-0.1, -0.05) is 38.1 Å². The van der Waals surface area contributed by atoms with Crippen molar-refractivity contribution in [2.24, 2.45) is 5.92 Å². The van der Waals surface area contributed by atoms with Gasteiger partial charge in [-0.15, -0.1) is 0 Å². The van der Waals surface area contributed by atoms with Crippen LogP contribution in [0.4, 0.5) is 11.8 Å². The average molecular weight is 481 g/mol. The molecule has 2 fully saturated rings. The highest BCUT2D eigenvalue weighted by Gasteiger charge is 2.37. The zero-order chi connectivity index (χ0) is 24.9. The summed E-state index contributed by atoms with van der Waals surface area (Å²) in [5.74, 6) is 1.58. The summed E-state index contributed by atoms with van der Waals surface area (Å²) in [6.45, 7) is 10.2. The van der Waals surface area contributed by atoms with Gasteiger partial charge in [-0.2, -0.15) is 4.98 Å². The van der Waals surface area contributed by atoms with E-state index in [9.17, 15) is 4.79 Å². The molecular formula is C27H40N6O2. The fraction of sp³-hybridized carbons (Fsp3) is 0.593. The second-order valence-corrected chi connectivity index (χ2v) is 10.4. The topological polar surface area (TPSA) is 73.8 Å². The van der Waals surface area contributed by atoms with Crippen molar-refractivity contribution in [2.75, 3.05) is 44.0 Å². The van der Waals surface area contributed by atoms with Gasteiger partial charge in [-0.05, 0) is 70.1 Å². The van der Waals surface area contributed by atoms with Gasteiger partial charge in [0, 0.05) is 18.8 Å². The van der Waals surface area contributed by atoms with Crippen LogP contribution in [0, 0.1) is 5.92 Å². The molecule has 2 aliphatic rings. The predicted molar refractivity (Wildman–Crippen MR) is 139 cm³/mol. The number of likely N-dealkylation sites (tertiary alicyclic amines) is 1. The molecule has 2 aromatic rings. The first-order valence-corrected chi connectivity index (χ1v) is 12.8. The fourth-order valence-electron chi connectivity index (χ4n) is 5.07. The summed E-state index contributed by atoms with van der Waals surface area (Å²) >= 11 is 0. The van der Waals surface area contributed by atoms with E-state index in [2.05, 4.69) is 79.2 Å². The third-order valence-electron chi connectivity index (χ3n) is 7.38. The van der Waals surface area contributed by atoms with Crippen molar-refractivity contribution < 1.29 is 9.53 Å². The van der Waals surface area contributed by atoms with Crippen molar-refractivity contribution >= 4 is 18.1 Å². The monoisotopic (exact) mass is 480 g/mol. The Kier molecular flexibility index (Phi) is 8.36. The van der Waals surface area contributed by atoms with E-state index in [0.29, 0.717) is 30.3 Å². The van der Waals surface area contributed by atoms with E-state index < -0.39 is 6.23 Å². The normalized spacial score (nSPS) is 22.7. The Labute approximate surface area is 209 Å². The molecule has 3 heterocycles. The SMILES string of the molecule is CC(C)[C@H]1COC(C=O)N1c1ccnc(N[C@@H](C)c2ccc(CN3CCC(N(C)C)CC3)cc2)n1. The maximum absolute atomic E-state index is 11.6. The molecule has 0 radical (unpaired) electrons. The number of piperidine rings is 1. The second-order valence-electron chi connectivity index (χ2n) is 10.4. The molecule has 0 amide bonds. The van der Waals surface area contributed by atoms with Gasteiger partial charge in [0.15, 0.2) is 12.5 Å². The van der Waals surface area contributed by atoms with E-state index in [1.165, 1.54) is 24.0 Å². The van der Waals surface area contributed by atoms with E-state index >= 15 is 0 Å². The minimum Gasteiger partial charge on any atom is -0.349 e. The van der Waals surface area contributed by atoms with E-state index in [1.807, 2.05) is 11.0 Å². The average Bonchev–Trinajstić information content (AvgIpc) is 3.30. The van der Waals surface area contributed by atoms with Crippen molar-refractivity contribution in [3.63, 3.8) is 0 Å². The van der Waals surface area contributed by atoms with Crippen LogP contribution in [0.2, 0.25) is 0 Å². The van der Waals surface area contributed by atoms with Crippen LogP contribution in [0.3, 0.4) is 0 Å². The lowest BCUT2D eigenvalue weighted by Gasteiger charge is -2.35. The first-order chi connectivity index (χ1) is 16.9. The lowest BCUT2D eigenvalue weighted by Crippen LogP contribution is -2.41. The maximum Gasteiger partial charge on any atom is 0.225 e. The van der Waals surface area contributed by atoms with Crippen LogP contribution in [0.15, 0.2) is 36.5 Å². The number of anilines is 2. The highest BCUT2D eigenvalue weighted by molar-refractivity contribution is 5.64. The lowest BCUT2D eigenvalue weighted by molar-refractivity contribution is -0.115. The Morgan fingerprint density at radius 1 is 1.14 bits per heavy atom. The van der Waals surface area contributed by atoms with Crippen LogP contribution in [-0.2, 0) is 16.1 Å². The van der Waals surface area contributed by atoms with Crippen molar-refractivity contribution in [3.05, 3.63) is 47.7 Å². The molecule has 3 atom stereocenters. The van der Waals surface area contributed by atoms with Crippen LogP contribution in [0.1, 0.15) is 50.8 Å². The summed E-state index contributed by atoms with van der Waals surface area (Å²) in [5, 5.41) is 3.42. The molecule has 35 heavy (non-hydrogen) atoms. The third kappa shape index (κ3) is 6.18. The molecule has 0 aliphatic carbocycles. The number of carbonyl (C=O) groups is 1. The Balaban J connectivity index is 1.37. The number of nitrogens with one attached hydrogen (secondary N) is 1. The molecular weight excluding hydrogens is 440 g/mol. The Morgan fingerprint density at radius 2 is 1.86 bits per heavy atom. The molecule has 0 saturated carbocycles. The standard InChI is InChI=1S/C27H40N6O2/c1-19(2)24-18-35-26(17-34)33(24)25-10-13-28-27(30-25)29-20(3)22-8-6-21(7-9-22)16-32-14-11-23(12-15-32)31(4)5/h6-10,13,17,19-20,23-24,26H,11-12,14-16,18H2,1-5H3,(H,28,29,30)/t20-,24+,26?/m0/s1. The molecule has 1 aromatic heterocycles.